The molecule has 0 fully saturated rings. The van der Waals surface area contributed by atoms with E-state index in [0.717, 1.165) is 28.5 Å². The minimum Gasteiger partial charge on any atom is -0.477 e. The second-order valence-corrected chi connectivity index (χ2v) is 8.98. The van der Waals surface area contributed by atoms with Gasteiger partial charge in [0.1, 0.15) is 24.0 Å². The van der Waals surface area contributed by atoms with Crippen LogP contribution >= 0.6 is 0 Å². The molecule has 1 aliphatic rings. The Balaban J connectivity index is 1.45. The van der Waals surface area contributed by atoms with Crippen LogP contribution in [0, 0.1) is 5.92 Å². The zero-order valence-electron chi connectivity index (χ0n) is 19.8. The van der Waals surface area contributed by atoms with E-state index >= 15 is 0 Å². The minimum atomic E-state index is -1.21. The van der Waals surface area contributed by atoms with Gasteiger partial charge < -0.3 is 20.5 Å². The first-order valence-electron chi connectivity index (χ1n) is 11.4. The van der Waals surface area contributed by atoms with Crippen LogP contribution in [0.3, 0.4) is 0 Å². The van der Waals surface area contributed by atoms with Crippen molar-refractivity contribution in [3.05, 3.63) is 71.4 Å². The third kappa shape index (κ3) is 5.03. The summed E-state index contributed by atoms with van der Waals surface area (Å²) in [5, 5.41) is 18.5. The molecule has 0 spiro atoms. The maximum atomic E-state index is 13.0. The zero-order valence-corrected chi connectivity index (χ0v) is 19.8. The molecule has 1 aliphatic carbocycles. The number of carbonyl (C=O) groups is 3. The number of carboxylic acid groups (broad SMARTS) is 1. The fourth-order valence-electron chi connectivity index (χ4n) is 4.43. The first-order chi connectivity index (χ1) is 16.8. The molecular formula is C26H28N4O5. The second-order valence-electron chi connectivity index (χ2n) is 8.98. The Kier molecular flexibility index (Phi) is 6.86. The predicted octanol–water partition coefficient (Wildman–Crippen LogP) is 4.01. The number of aryl methyl sites for hydroxylation is 1. The molecule has 0 radical (unpaired) electrons. The van der Waals surface area contributed by atoms with Crippen LogP contribution in [-0.2, 0) is 16.6 Å². The van der Waals surface area contributed by atoms with E-state index < -0.39 is 24.0 Å². The fourth-order valence-corrected chi connectivity index (χ4v) is 4.43. The molecule has 0 saturated carbocycles. The third-order valence-electron chi connectivity index (χ3n) is 6.07. The van der Waals surface area contributed by atoms with Crippen LogP contribution in [0.1, 0.15) is 47.7 Å². The number of aromatic nitrogens is 2. The SMILES string of the molecule is CC(C)C[C@H](NC(=O)OCC1c2ccccc2-c2ccccc21)C(=O)Nc1c(C(=O)O)cnn1C. The highest BCUT2D eigenvalue weighted by Gasteiger charge is 2.30. The van der Waals surface area contributed by atoms with E-state index in [9.17, 15) is 19.5 Å². The Morgan fingerprint density at radius 2 is 1.66 bits per heavy atom. The Bertz CT molecular complexity index is 1220. The Hall–Kier alpha value is -4.14. The summed E-state index contributed by atoms with van der Waals surface area (Å²) in [5.74, 6) is -1.72. The summed E-state index contributed by atoms with van der Waals surface area (Å²) < 4.78 is 6.85. The Labute approximate surface area is 203 Å². The van der Waals surface area contributed by atoms with Gasteiger partial charge in [0.2, 0.25) is 5.91 Å². The molecule has 182 valence electrons. The van der Waals surface area contributed by atoms with Crippen LogP contribution < -0.4 is 10.6 Å². The molecule has 0 bridgehead atoms. The number of carbonyl (C=O) groups excluding carboxylic acids is 2. The largest absolute Gasteiger partial charge is 0.477 e. The highest BCUT2D eigenvalue weighted by Crippen LogP contribution is 2.44. The lowest BCUT2D eigenvalue weighted by Gasteiger charge is -2.21. The molecular weight excluding hydrogens is 448 g/mol. The normalized spacial score (nSPS) is 13.1. The number of fused-ring (bicyclic) bond motifs is 3. The minimum absolute atomic E-state index is 0.0468. The summed E-state index contributed by atoms with van der Waals surface area (Å²) in [6.45, 7) is 3.97. The van der Waals surface area contributed by atoms with Gasteiger partial charge in [-0.25, -0.2) is 9.59 Å². The number of nitrogens with one attached hydrogen (secondary N) is 2. The van der Waals surface area contributed by atoms with Crippen molar-refractivity contribution < 1.29 is 24.2 Å². The van der Waals surface area contributed by atoms with E-state index in [4.69, 9.17) is 4.74 Å². The van der Waals surface area contributed by atoms with E-state index in [-0.39, 0.29) is 29.8 Å². The predicted molar refractivity (Wildman–Crippen MR) is 130 cm³/mol. The number of amides is 2. The molecule has 3 N–H and O–H groups in total. The molecule has 2 amide bonds. The standard InChI is InChI=1S/C26H28N4O5/c1-15(2)12-22(24(31)29-23-20(25(32)33)13-27-30(23)3)28-26(34)35-14-21-18-10-6-4-8-16(18)17-9-5-7-11-19(17)21/h4-11,13,15,21-22H,12,14H2,1-3H3,(H,28,34)(H,29,31)(H,32,33)/t22-/m0/s1. The summed E-state index contributed by atoms with van der Waals surface area (Å²) in [5.41, 5.74) is 4.30. The van der Waals surface area contributed by atoms with Gasteiger partial charge in [0.25, 0.3) is 0 Å². The number of carboxylic acids is 1. The lowest BCUT2D eigenvalue weighted by molar-refractivity contribution is -0.118. The van der Waals surface area contributed by atoms with Crippen molar-refractivity contribution in [3.8, 4) is 11.1 Å². The van der Waals surface area contributed by atoms with E-state index in [1.807, 2.05) is 50.2 Å². The van der Waals surface area contributed by atoms with Gasteiger partial charge >= 0.3 is 12.1 Å². The first kappa shape index (κ1) is 24.0. The molecule has 1 aromatic heterocycles. The average Bonchev–Trinajstić information content (AvgIpc) is 3.35. The number of hydrogen-bond donors (Lipinski definition) is 3. The maximum absolute atomic E-state index is 13.0. The third-order valence-corrected chi connectivity index (χ3v) is 6.07. The highest BCUT2D eigenvalue weighted by molar-refractivity contribution is 6.01. The quantitative estimate of drug-likeness (QED) is 0.452. The summed E-state index contributed by atoms with van der Waals surface area (Å²) in [4.78, 5) is 37.2. The number of nitrogens with zero attached hydrogens (tertiary/aromatic N) is 2. The molecule has 9 nitrogen and oxygen atoms in total. The van der Waals surface area contributed by atoms with Crippen LogP contribution in [0.5, 0.6) is 0 Å². The van der Waals surface area contributed by atoms with Gasteiger partial charge in [0.15, 0.2) is 0 Å². The molecule has 35 heavy (non-hydrogen) atoms. The number of rotatable bonds is 8. The van der Waals surface area contributed by atoms with Crippen molar-refractivity contribution in [1.29, 1.82) is 0 Å². The molecule has 0 saturated heterocycles. The van der Waals surface area contributed by atoms with Crippen molar-refractivity contribution in [2.75, 3.05) is 11.9 Å². The summed E-state index contributed by atoms with van der Waals surface area (Å²) in [7, 11) is 1.53. The molecule has 4 rings (SSSR count). The van der Waals surface area contributed by atoms with Gasteiger partial charge in [-0.15, -0.1) is 0 Å². The second kappa shape index (κ2) is 10.0. The van der Waals surface area contributed by atoms with Crippen molar-refractivity contribution in [2.24, 2.45) is 13.0 Å². The summed E-state index contributed by atoms with van der Waals surface area (Å²) in [6.07, 6.45) is 0.793. The number of hydrogen-bond acceptors (Lipinski definition) is 5. The smallest absolute Gasteiger partial charge is 0.407 e. The van der Waals surface area contributed by atoms with Gasteiger partial charge in [0.05, 0.1) is 6.20 Å². The fraction of sp³-hybridized carbons (Fsp3) is 0.308. The van der Waals surface area contributed by atoms with E-state index in [1.54, 1.807) is 0 Å². The number of ether oxygens (including phenoxy) is 1. The van der Waals surface area contributed by atoms with Crippen LogP contribution in [0.25, 0.3) is 11.1 Å². The number of alkyl carbamates (subject to hydrolysis) is 1. The number of benzene rings is 2. The van der Waals surface area contributed by atoms with Gasteiger partial charge in [-0.3, -0.25) is 9.48 Å². The van der Waals surface area contributed by atoms with Gasteiger partial charge in [0, 0.05) is 13.0 Å². The molecule has 1 atom stereocenters. The van der Waals surface area contributed by atoms with Gasteiger partial charge in [-0.1, -0.05) is 62.4 Å². The van der Waals surface area contributed by atoms with E-state index in [1.165, 1.54) is 11.7 Å². The van der Waals surface area contributed by atoms with Crippen molar-refractivity contribution in [3.63, 3.8) is 0 Å². The number of aromatic carboxylic acids is 1. The first-order valence-corrected chi connectivity index (χ1v) is 11.4. The molecule has 9 heteroatoms. The van der Waals surface area contributed by atoms with E-state index in [0.29, 0.717) is 6.42 Å². The summed E-state index contributed by atoms with van der Waals surface area (Å²) >= 11 is 0. The van der Waals surface area contributed by atoms with Crippen LogP contribution in [0.15, 0.2) is 54.7 Å². The maximum Gasteiger partial charge on any atom is 0.407 e. The molecule has 0 unspecified atom stereocenters. The van der Waals surface area contributed by atoms with Crippen molar-refractivity contribution >= 4 is 23.8 Å². The van der Waals surface area contributed by atoms with Gasteiger partial charge in [-0.05, 0) is 34.6 Å². The van der Waals surface area contributed by atoms with Crippen LogP contribution in [0.4, 0.5) is 10.6 Å². The van der Waals surface area contributed by atoms with Crippen LogP contribution in [0.2, 0.25) is 0 Å². The Morgan fingerprint density at radius 1 is 1.06 bits per heavy atom. The monoisotopic (exact) mass is 476 g/mol. The molecule has 1 heterocycles. The van der Waals surface area contributed by atoms with Gasteiger partial charge in [-0.2, -0.15) is 5.10 Å². The Morgan fingerprint density at radius 3 is 2.23 bits per heavy atom. The van der Waals surface area contributed by atoms with E-state index in [2.05, 4.69) is 27.9 Å². The highest BCUT2D eigenvalue weighted by atomic mass is 16.5. The lowest BCUT2D eigenvalue weighted by atomic mass is 9.98. The molecule has 2 aromatic carbocycles. The lowest BCUT2D eigenvalue weighted by Crippen LogP contribution is -2.45. The van der Waals surface area contributed by atoms with Crippen molar-refractivity contribution in [2.45, 2.75) is 32.2 Å². The molecule has 3 aromatic rings. The zero-order chi connectivity index (χ0) is 25.1. The topological polar surface area (TPSA) is 123 Å². The van der Waals surface area contributed by atoms with Crippen LogP contribution in [-0.4, -0.2) is 45.5 Å². The summed E-state index contributed by atoms with van der Waals surface area (Å²) in [6, 6.07) is 15.2. The van der Waals surface area contributed by atoms with Crippen molar-refractivity contribution in [1.82, 2.24) is 15.1 Å². The average molecular weight is 477 g/mol. The molecule has 0 aliphatic heterocycles. The number of anilines is 1.